The third kappa shape index (κ3) is 3.11. The minimum absolute atomic E-state index is 0.0600. The van der Waals surface area contributed by atoms with E-state index in [4.69, 9.17) is 0 Å². The summed E-state index contributed by atoms with van der Waals surface area (Å²) in [5.41, 5.74) is 1.92. The van der Waals surface area contributed by atoms with Crippen molar-refractivity contribution in [2.45, 2.75) is 13.0 Å². The van der Waals surface area contributed by atoms with Crippen molar-refractivity contribution >= 4 is 16.7 Å². The molecule has 0 aliphatic rings. The Morgan fingerprint density at radius 2 is 2.00 bits per heavy atom. The summed E-state index contributed by atoms with van der Waals surface area (Å²) in [6.07, 6.45) is 5.65. The van der Waals surface area contributed by atoms with Crippen LogP contribution in [0.2, 0.25) is 0 Å². The number of likely N-dealkylation sites (N-methyl/N-ethyl adjacent to an activating group) is 1. The van der Waals surface area contributed by atoms with Gasteiger partial charge in [0.2, 0.25) is 5.91 Å². The Morgan fingerprint density at radius 1 is 1.09 bits per heavy atom. The number of fused-ring (bicyclic) bond motifs is 1. The Kier molecular flexibility index (Phi) is 4.10. The van der Waals surface area contributed by atoms with Crippen LogP contribution in [0.4, 0.5) is 0 Å². The zero-order chi connectivity index (χ0) is 15.4. The molecule has 0 unspecified atom stereocenters. The fourth-order valence-corrected chi connectivity index (χ4v) is 2.46. The predicted octanol–water partition coefficient (Wildman–Crippen LogP) is 2.83. The number of aromatic nitrogens is 2. The standard InChI is InChI=1S/C18H17N3O/c1-21(18(22)11-16-7-2-3-9-20-16)13-15-6-4-5-14-12-19-10-8-17(14)15/h2-10,12H,11,13H2,1H3. The Bertz CT molecular complexity index is 781. The molecular formula is C18H17N3O. The quantitative estimate of drug-likeness (QED) is 0.742. The monoisotopic (exact) mass is 291 g/mol. The summed E-state index contributed by atoms with van der Waals surface area (Å²) in [4.78, 5) is 22.4. The minimum Gasteiger partial charge on any atom is -0.341 e. The van der Waals surface area contributed by atoms with Crippen molar-refractivity contribution in [3.8, 4) is 0 Å². The summed E-state index contributed by atoms with van der Waals surface area (Å²) < 4.78 is 0. The molecule has 4 heteroatoms. The number of hydrogen-bond acceptors (Lipinski definition) is 3. The SMILES string of the molecule is CN(Cc1cccc2cnccc12)C(=O)Cc1ccccn1. The zero-order valence-electron chi connectivity index (χ0n) is 12.4. The maximum Gasteiger partial charge on any atom is 0.228 e. The number of carbonyl (C=O) groups excluding carboxylic acids is 1. The van der Waals surface area contributed by atoms with E-state index in [0.29, 0.717) is 13.0 Å². The molecule has 3 aromatic rings. The van der Waals surface area contributed by atoms with Gasteiger partial charge in [0.15, 0.2) is 0 Å². The van der Waals surface area contributed by atoms with Gasteiger partial charge >= 0.3 is 0 Å². The van der Waals surface area contributed by atoms with Crippen molar-refractivity contribution < 1.29 is 4.79 Å². The molecule has 3 rings (SSSR count). The first kappa shape index (κ1) is 14.2. The third-order valence-corrected chi connectivity index (χ3v) is 3.66. The fraction of sp³-hybridized carbons (Fsp3) is 0.167. The number of benzene rings is 1. The predicted molar refractivity (Wildman–Crippen MR) is 86.2 cm³/mol. The molecule has 0 saturated carbocycles. The number of pyridine rings is 2. The van der Waals surface area contributed by atoms with Crippen LogP contribution >= 0.6 is 0 Å². The number of nitrogens with zero attached hydrogens (tertiary/aromatic N) is 3. The molecule has 0 spiro atoms. The van der Waals surface area contributed by atoms with Crippen LogP contribution in [0.5, 0.6) is 0 Å². The van der Waals surface area contributed by atoms with Gasteiger partial charge in [0.25, 0.3) is 0 Å². The van der Waals surface area contributed by atoms with Crippen LogP contribution in [0, 0.1) is 0 Å². The molecular weight excluding hydrogens is 274 g/mol. The van der Waals surface area contributed by atoms with E-state index >= 15 is 0 Å². The molecule has 22 heavy (non-hydrogen) atoms. The Hall–Kier alpha value is -2.75. The van der Waals surface area contributed by atoms with Gasteiger partial charge < -0.3 is 4.90 Å². The van der Waals surface area contributed by atoms with Crippen molar-refractivity contribution in [2.75, 3.05) is 7.05 Å². The highest BCUT2D eigenvalue weighted by atomic mass is 16.2. The average Bonchev–Trinajstić information content (AvgIpc) is 2.56. The van der Waals surface area contributed by atoms with E-state index in [1.54, 1.807) is 17.3 Å². The first-order valence-electron chi connectivity index (χ1n) is 7.19. The lowest BCUT2D eigenvalue weighted by Crippen LogP contribution is -2.28. The average molecular weight is 291 g/mol. The van der Waals surface area contributed by atoms with E-state index in [-0.39, 0.29) is 5.91 Å². The Labute approximate surface area is 129 Å². The molecule has 0 saturated heterocycles. The van der Waals surface area contributed by atoms with Crippen molar-refractivity contribution in [3.63, 3.8) is 0 Å². The molecule has 2 aromatic heterocycles. The molecule has 110 valence electrons. The van der Waals surface area contributed by atoms with Gasteiger partial charge in [-0.1, -0.05) is 24.3 Å². The van der Waals surface area contributed by atoms with Gasteiger partial charge in [-0.15, -0.1) is 0 Å². The van der Waals surface area contributed by atoms with Crippen molar-refractivity contribution in [1.29, 1.82) is 0 Å². The summed E-state index contributed by atoms with van der Waals surface area (Å²) in [5, 5.41) is 2.22. The van der Waals surface area contributed by atoms with Gasteiger partial charge in [-0.3, -0.25) is 14.8 Å². The van der Waals surface area contributed by atoms with Gasteiger partial charge in [0.05, 0.1) is 6.42 Å². The van der Waals surface area contributed by atoms with E-state index < -0.39 is 0 Å². The van der Waals surface area contributed by atoms with Crippen LogP contribution in [0.15, 0.2) is 61.1 Å². The molecule has 0 bridgehead atoms. The van der Waals surface area contributed by atoms with Gasteiger partial charge in [0, 0.05) is 43.3 Å². The summed E-state index contributed by atoms with van der Waals surface area (Å²) in [5.74, 6) is 0.0600. The van der Waals surface area contributed by atoms with E-state index in [2.05, 4.69) is 9.97 Å². The molecule has 4 nitrogen and oxygen atoms in total. The lowest BCUT2D eigenvalue weighted by atomic mass is 10.1. The second-order valence-electron chi connectivity index (χ2n) is 5.26. The largest absolute Gasteiger partial charge is 0.341 e. The van der Waals surface area contributed by atoms with Crippen LogP contribution in [0.1, 0.15) is 11.3 Å². The van der Waals surface area contributed by atoms with Crippen molar-refractivity contribution in [2.24, 2.45) is 0 Å². The molecule has 0 aliphatic carbocycles. The van der Waals surface area contributed by atoms with E-state index in [1.807, 2.05) is 55.7 Å². The first-order valence-corrected chi connectivity index (χ1v) is 7.19. The molecule has 0 aliphatic heterocycles. The Morgan fingerprint density at radius 3 is 2.82 bits per heavy atom. The summed E-state index contributed by atoms with van der Waals surface area (Å²) in [7, 11) is 1.82. The molecule has 0 fully saturated rings. The van der Waals surface area contributed by atoms with Gasteiger partial charge in [0.1, 0.15) is 0 Å². The smallest absolute Gasteiger partial charge is 0.228 e. The van der Waals surface area contributed by atoms with Crippen LogP contribution in [0.3, 0.4) is 0 Å². The number of rotatable bonds is 4. The normalized spacial score (nSPS) is 10.6. The number of hydrogen-bond donors (Lipinski definition) is 0. The fourth-order valence-electron chi connectivity index (χ4n) is 2.46. The molecule has 0 radical (unpaired) electrons. The lowest BCUT2D eigenvalue weighted by molar-refractivity contribution is -0.129. The number of carbonyl (C=O) groups is 1. The molecule has 1 aromatic carbocycles. The maximum atomic E-state index is 12.3. The van der Waals surface area contributed by atoms with Crippen LogP contribution in [-0.4, -0.2) is 27.8 Å². The third-order valence-electron chi connectivity index (χ3n) is 3.66. The van der Waals surface area contributed by atoms with Crippen LogP contribution in [0.25, 0.3) is 10.8 Å². The van der Waals surface area contributed by atoms with Crippen molar-refractivity contribution in [3.05, 3.63) is 72.3 Å². The molecule has 0 atom stereocenters. The van der Waals surface area contributed by atoms with E-state index in [1.165, 1.54) is 0 Å². The molecule has 2 heterocycles. The van der Waals surface area contributed by atoms with Crippen molar-refractivity contribution in [1.82, 2.24) is 14.9 Å². The highest BCUT2D eigenvalue weighted by Crippen LogP contribution is 2.18. The Balaban J connectivity index is 1.75. The maximum absolute atomic E-state index is 12.3. The van der Waals surface area contributed by atoms with Gasteiger partial charge in [-0.25, -0.2) is 0 Å². The van der Waals surface area contributed by atoms with Crippen LogP contribution in [-0.2, 0) is 17.8 Å². The van der Waals surface area contributed by atoms with Gasteiger partial charge in [-0.05, 0) is 29.1 Å². The van der Waals surface area contributed by atoms with E-state index in [0.717, 1.165) is 22.0 Å². The van der Waals surface area contributed by atoms with Crippen LogP contribution < -0.4 is 0 Å². The summed E-state index contributed by atoms with van der Waals surface area (Å²) >= 11 is 0. The second kappa shape index (κ2) is 6.35. The topological polar surface area (TPSA) is 46.1 Å². The lowest BCUT2D eigenvalue weighted by Gasteiger charge is -2.18. The first-order chi connectivity index (χ1) is 10.7. The molecule has 1 amide bonds. The molecule has 0 N–H and O–H groups in total. The second-order valence-corrected chi connectivity index (χ2v) is 5.26. The highest BCUT2D eigenvalue weighted by Gasteiger charge is 2.12. The number of amides is 1. The highest BCUT2D eigenvalue weighted by molar-refractivity contribution is 5.85. The van der Waals surface area contributed by atoms with Gasteiger partial charge in [-0.2, -0.15) is 0 Å². The summed E-state index contributed by atoms with van der Waals surface area (Å²) in [6.45, 7) is 0.576. The summed E-state index contributed by atoms with van der Waals surface area (Å²) in [6, 6.07) is 13.7. The van der Waals surface area contributed by atoms with E-state index in [9.17, 15) is 4.79 Å². The zero-order valence-corrected chi connectivity index (χ0v) is 12.4. The minimum atomic E-state index is 0.0600.